The SMILES string of the molecule is CNC(=O)C1=CC(CCc2cn[nH]c2)(C(N)=O)CN(Cc2ccccc2)C1=O. The van der Waals surface area contributed by atoms with Crippen molar-refractivity contribution in [2.24, 2.45) is 11.1 Å². The van der Waals surface area contributed by atoms with E-state index in [1.165, 1.54) is 18.0 Å². The third kappa shape index (κ3) is 3.95. The van der Waals surface area contributed by atoms with E-state index in [4.69, 9.17) is 5.73 Å². The maximum Gasteiger partial charge on any atom is 0.259 e. The zero-order chi connectivity index (χ0) is 20.1. The van der Waals surface area contributed by atoms with E-state index in [2.05, 4.69) is 15.5 Å². The highest BCUT2D eigenvalue weighted by Gasteiger charge is 2.44. The van der Waals surface area contributed by atoms with E-state index in [1.807, 2.05) is 30.3 Å². The lowest BCUT2D eigenvalue weighted by molar-refractivity contribution is -0.136. The summed E-state index contributed by atoms with van der Waals surface area (Å²) in [6.45, 7) is 0.406. The molecule has 4 N–H and O–H groups in total. The molecule has 0 aliphatic carbocycles. The highest BCUT2D eigenvalue weighted by Crippen LogP contribution is 2.34. The van der Waals surface area contributed by atoms with Gasteiger partial charge < -0.3 is 16.0 Å². The van der Waals surface area contributed by atoms with Gasteiger partial charge in [0.15, 0.2) is 0 Å². The first kappa shape index (κ1) is 19.3. The normalized spacial score (nSPS) is 19.2. The van der Waals surface area contributed by atoms with Crippen LogP contribution in [0.25, 0.3) is 0 Å². The minimum Gasteiger partial charge on any atom is -0.369 e. The summed E-state index contributed by atoms with van der Waals surface area (Å²) in [4.78, 5) is 39.2. The van der Waals surface area contributed by atoms with Crippen molar-refractivity contribution in [2.45, 2.75) is 19.4 Å². The second kappa shape index (κ2) is 8.08. The van der Waals surface area contributed by atoms with Crippen LogP contribution >= 0.6 is 0 Å². The summed E-state index contributed by atoms with van der Waals surface area (Å²) in [5.41, 5.74) is 6.40. The molecule has 1 aliphatic rings. The molecular weight excluding hydrogens is 358 g/mol. The summed E-state index contributed by atoms with van der Waals surface area (Å²) in [5, 5.41) is 9.12. The molecule has 0 fully saturated rings. The number of benzene rings is 1. The number of primary amides is 1. The van der Waals surface area contributed by atoms with Crippen LogP contribution in [0.5, 0.6) is 0 Å². The summed E-state index contributed by atoms with van der Waals surface area (Å²) in [6, 6.07) is 9.42. The van der Waals surface area contributed by atoms with Gasteiger partial charge in [-0.3, -0.25) is 19.5 Å². The number of rotatable bonds is 7. The Kier molecular flexibility index (Phi) is 5.58. The smallest absolute Gasteiger partial charge is 0.259 e. The van der Waals surface area contributed by atoms with E-state index in [0.29, 0.717) is 12.8 Å². The van der Waals surface area contributed by atoms with Gasteiger partial charge in [0.25, 0.3) is 11.8 Å². The Hall–Kier alpha value is -3.42. The topological polar surface area (TPSA) is 121 Å². The molecule has 0 saturated carbocycles. The zero-order valence-electron chi connectivity index (χ0n) is 15.6. The predicted molar refractivity (Wildman–Crippen MR) is 103 cm³/mol. The van der Waals surface area contributed by atoms with E-state index in [1.54, 1.807) is 12.4 Å². The summed E-state index contributed by atoms with van der Waals surface area (Å²) in [7, 11) is 1.45. The minimum absolute atomic E-state index is 0.0596. The molecule has 3 amide bonds. The monoisotopic (exact) mass is 381 g/mol. The Labute approximate surface area is 162 Å². The molecular formula is C20H23N5O3. The molecule has 0 spiro atoms. The van der Waals surface area contributed by atoms with Crippen molar-refractivity contribution >= 4 is 17.7 Å². The fraction of sp³-hybridized carbons (Fsp3) is 0.300. The number of hydrogen-bond acceptors (Lipinski definition) is 4. The molecule has 1 unspecified atom stereocenters. The number of hydrogen-bond donors (Lipinski definition) is 3. The minimum atomic E-state index is -1.14. The van der Waals surface area contributed by atoms with Crippen LogP contribution in [0.3, 0.4) is 0 Å². The van der Waals surface area contributed by atoms with E-state index in [0.717, 1.165) is 11.1 Å². The lowest BCUT2D eigenvalue weighted by Crippen LogP contribution is -2.53. The van der Waals surface area contributed by atoms with Crippen LogP contribution in [-0.4, -0.2) is 46.4 Å². The quantitative estimate of drug-likeness (QED) is 0.606. The van der Waals surface area contributed by atoms with Gasteiger partial charge in [-0.2, -0.15) is 5.10 Å². The average Bonchev–Trinajstić information content (AvgIpc) is 3.22. The lowest BCUT2D eigenvalue weighted by Gasteiger charge is -2.38. The zero-order valence-corrected chi connectivity index (χ0v) is 15.6. The molecule has 2 heterocycles. The molecule has 1 aliphatic heterocycles. The van der Waals surface area contributed by atoms with Crippen molar-refractivity contribution < 1.29 is 14.4 Å². The van der Waals surface area contributed by atoms with Crippen molar-refractivity contribution in [1.82, 2.24) is 20.4 Å². The standard InChI is InChI=1S/C20H23N5O3/c1-22-17(26)16-9-20(19(21)28,8-7-15-10-23-24-11-15)13-25(18(16)27)12-14-5-3-2-4-6-14/h2-6,9-11H,7-8,12-13H2,1H3,(H2,21,28)(H,22,26)(H,23,24). The van der Waals surface area contributed by atoms with Gasteiger partial charge in [-0.15, -0.1) is 0 Å². The van der Waals surface area contributed by atoms with Gasteiger partial charge >= 0.3 is 0 Å². The number of amides is 3. The Bertz CT molecular complexity index is 892. The number of nitrogens with two attached hydrogens (primary N) is 1. The van der Waals surface area contributed by atoms with Gasteiger partial charge in [0, 0.05) is 26.3 Å². The molecule has 8 heteroatoms. The molecule has 8 nitrogen and oxygen atoms in total. The number of aryl methyl sites for hydroxylation is 1. The van der Waals surface area contributed by atoms with Gasteiger partial charge in [0.1, 0.15) is 5.57 Å². The van der Waals surface area contributed by atoms with E-state index < -0.39 is 23.1 Å². The molecule has 3 rings (SSSR count). The van der Waals surface area contributed by atoms with Gasteiger partial charge in [0.2, 0.25) is 5.91 Å². The number of carbonyl (C=O) groups is 3. The van der Waals surface area contributed by atoms with Crippen LogP contribution < -0.4 is 11.1 Å². The number of likely N-dealkylation sites (N-methyl/N-ethyl adjacent to an activating group) is 1. The molecule has 0 saturated heterocycles. The fourth-order valence-electron chi connectivity index (χ4n) is 3.40. The van der Waals surface area contributed by atoms with Gasteiger partial charge in [-0.1, -0.05) is 30.3 Å². The van der Waals surface area contributed by atoms with Crippen LogP contribution in [-0.2, 0) is 27.3 Å². The van der Waals surface area contributed by atoms with Crippen molar-refractivity contribution in [3.63, 3.8) is 0 Å². The first-order valence-corrected chi connectivity index (χ1v) is 9.01. The number of H-pyrrole nitrogens is 1. The van der Waals surface area contributed by atoms with Crippen molar-refractivity contribution in [1.29, 1.82) is 0 Å². The third-order valence-corrected chi connectivity index (χ3v) is 5.00. The molecule has 1 atom stereocenters. The lowest BCUT2D eigenvalue weighted by atomic mass is 9.76. The Morgan fingerprint density at radius 2 is 2.04 bits per heavy atom. The fourth-order valence-corrected chi connectivity index (χ4v) is 3.40. The largest absolute Gasteiger partial charge is 0.369 e. The van der Waals surface area contributed by atoms with Crippen LogP contribution in [0, 0.1) is 5.41 Å². The number of aromatic amines is 1. The summed E-state index contributed by atoms with van der Waals surface area (Å²) in [6.07, 6.45) is 5.75. The van der Waals surface area contributed by atoms with E-state index in [-0.39, 0.29) is 18.7 Å². The summed E-state index contributed by atoms with van der Waals surface area (Å²) < 4.78 is 0. The second-order valence-corrected chi connectivity index (χ2v) is 6.91. The second-order valence-electron chi connectivity index (χ2n) is 6.91. The maximum atomic E-state index is 12.9. The first-order valence-electron chi connectivity index (χ1n) is 9.01. The predicted octanol–water partition coefficient (Wildman–Crippen LogP) is 0.529. The molecule has 146 valence electrons. The number of nitrogens with zero attached hydrogens (tertiary/aromatic N) is 2. The third-order valence-electron chi connectivity index (χ3n) is 5.00. The molecule has 2 aromatic rings. The molecule has 0 bridgehead atoms. The van der Waals surface area contributed by atoms with E-state index >= 15 is 0 Å². The van der Waals surface area contributed by atoms with Gasteiger partial charge in [-0.25, -0.2) is 0 Å². The van der Waals surface area contributed by atoms with Crippen LogP contribution in [0.1, 0.15) is 17.5 Å². The molecule has 1 aromatic carbocycles. The number of carbonyl (C=O) groups excluding carboxylic acids is 3. The molecule has 0 radical (unpaired) electrons. The average molecular weight is 381 g/mol. The highest BCUT2D eigenvalue weighted by molar-refractivity contribution is 6.19. The number of aromatic nitrogens is 2. The van der Waals surface area contributed by atoms with Crippen LogP contribution in [0.4, 0.5) is 0 Å². The number of nitrogens with one attached hydrogen (secondary N) is 2. The van der Waals surface area contributed by atoms with Crippen molar-refractivity contribution in [2.75, 3.05) is 13.6 Å². The van der Waals surface area contributed by atoms with Gasteiger partial charge in [-0.05, 0) is 30.0 Å². The Morgan fingerprint density at radius 3 is 2.64 bits per heavy atom. The highest BCUT2D eigenvalue weighted by atomic mass is 16.2. The van der Waals surface area contributed by atoms with Crippen LogP contribution in [0.2, 0.25) is 0 Å². The van der Waals surface area contributed by atoms with Crippen LogP contribution in [0.15, 0.2) is 54.4 Å². The first-order chi connectivity index (χ1) is 13.4. The van der Waals surface area contributed by atoms with E-state index in [9.17, 15) is 14.4 Å². The summed E-state index contributed by atoms with van der Waals surface area (Å²) >= 11 is 0. The molecule has 28 heavy (non-hydrogen) atoms. The Morgan fingerprint density at radius 1 is 1.29 bits per heavy atom. The Balaban J connectivity index is 1.95. The van der Waals surface area contributed by atoms with Gasteiger partial charge in [0.05, 0.1) is 11.6 Å². The maximum absolute atomic E-state index is 12.9. The molecule has 1 aromatic heterocycles. The van der Waals surface area contributed by atoms with Crippen molar-refractivity contribution in [3.05, 3.63) is 65.5 Å². The van der Waals surface area contributed by atoms with Crippen molar-refractivity contribution in [3.8, 4) is 0 Å². The summed E-state index contributed by atoms with van der Waals surface area (Å²) in [5.74, 6) is -1.51.